The molecule has 0 aliphatic carbocycles. The van der Waals surface area contributed by atoms with Crippen LogP contribution in [0.15, 0.2) is 54.4 Å². The van der Waals surface area contributed by atoms with E-state index in [9.17, 15) is 13.5 Å². The summed E-state index contributed by atoms with van der Waals surface area (Å²) in [5.41, 5.74) is 0.696. The molecule has 1 aliphatic heterocycles. The van der Waals surface area contributed by atoms with Gasteiger partial charge < -0.3 is 15.4 Å². The van der Waals surface area contributed by atoms with Gasteiger partial charge in [-0.25, -0.2) is 0 Å². The van der Waals surface area contributed by atoms with Gasteiger partial charge in [-0.15, -0.1) is 0 Å². The number of hydrogen-bond acceptors (Lipinski definition) is 5. The molecule has 1 aliphatic rings. The van der Waals surface area contributed by atoms with Gasteiger partial charge in [-0.1, -0.05) is 30.3 Å². The normalized spacial score (nSPS) is 18.8. The van der Waals surface area contributed by atoms with E-state index < -0.39 is 21.3 Å². The molecule has 0 fully saturated rings. The molecule has 0 aromatic heterocycles. The number of nitrogens with zero attached hydrogens (tertiary/aromatic N) is 1. The van der Waals surface area contributed by atoms with Crippen molar-refractivity contribution >= 4 is 16.0 Å². The fourth-order valence-corrected chi connectivity index (χ4v) is 2.69. The number of hydrogen-bond donors (Lipinski definition) is 2. The maximum Gasteiger partial charge on any atom is 0.275 e. The van der Waals surface area contributed by atoms with Crippen molar-refractivity contribution in [2.75, 3.05) is 0 Å². The largest absolute Gasteiger partial charge is 0.859 e. The van der Waals surface area contributed by atoms with Crippen LogP contribution in [0.3, 0.4) is 0 Å². The van der Waals surface area contributed by atoms with E-state index in [1.807, 2.05) is 30.3 Å². The molecule has 0 spiro atoms. The Kier molecular flexibility index (Phi) is 3.91. The number of nitrogens with one attached hydrogen (secondary N) is 1. The van der Waals surface area contributed by atoms with Gasteiger partial charge in [0.1, 0.15) is 5.25 Å². The maximum absolute atomic E-state index is 11.2. The molecule has 1 heterocycles. The quantitative estimate of drug-likeness (QED) is 0.477. The van der Waals surface area contributed by atoms with Crippen LogP contribution in [0.4, 0.5) is 0 Å². The standard InChI is InChI=1S/C13H14N2O4S/c14-13(16)11-9-15(7-6-12(11)20(17,18)19)8-10-4-2-1-3-5-10/h1-7,9,12H,8H2,(H2,14,16)(H,17,18,19)/p-1. The van der Waals surface area contributed by atoms with Gasteiger partial charge in [-0.2, -0.15) is 8.42 Å². The second-order valence-corrected chi connectivity index (χ2v) is 5.89. The second kappa shape index (κ2) is 5.48. The highest BCUT2D eigenvalue weighted by molar-refractivity contribution is 7.86. The van der Waals surface area contributed by atoms with E-state index in [-0.39, 0.29) is 5.57 Å². The van der Waals surface area contributed by atoms with Crippen molar-refractivity contribution in [3.8, 4) is 0 Å². The lowest BCUT2D eigenvalue weighted by Crippen LogP contribution is -2.35. The van der Waals surface area contributed by atoms with Crippen molar-refractivity contribution in [3.05, 3.63) is 59.9 Å². The molecule has 0 bridgehead atoms. The summed E-state index contributed by atoms with van der Waals surface area (Å²) in [5, 5.41) is 16.9. The molecule has 20 heavy (non-hydrogen) atoms. The molecule has 2 N–H and O–H groups in total. The van der Waals surface area contributed by atoms with Crippen LogP contribution in [0, 0.1) is 5.41 Å². The van der Waals surface area contributed by atoms with Crippen LogP contribution in [0.2, 0.25) is 0 Å². The zero-order chi connectivity index (χ0) is 14.8. The Morgan fingerprint density at radius 3 is 2.55 bits per heavy atom. The highest BCUT2D eigenvalue weighted by Crippen LogP contribution is 2.20. The highest BCUT2D eigenvalue weighted by atomic mass is 32.2. The third-order valence-electron chi connectivity index (χ3n) is 2.85. The van der Waals surface area contributed by atoms with Crippen LogP contribution in [0.25, 0.3) is 0 Å². The van der Waals surface area contributed by atoms with E-state index in [0.29, 0.717) is 6.54 Å². The fraction of sp³-hybridized carbons (Fsp3) is 0.154. The van der Waals surface area contributed by atoms with Crippen molar-refractivity contribution in [3.63, 3.8) is 0 Å². The predicted molar refractivity (Wildman–Crippen MR) is 72.3 cm³/mol. The van der Waals surface area contributed by atoms with E-state index in [1.165, 1.54) is 18.5 Å². The molecule has 6 nitrogen and oxygen atoms in total. The smallest absolute Gasteiger partial charge is 0.275 e. The van der Waals surface area contributed by atoms with Crippen molar-refractivity contribution in [2.45, 2.75) is 11.8 Å². The summed E-state index contributed by atoms with van der Waals surface area (Å²) in [6.07, 6.45) is 3.94. The molecule has 0 amide bonds. The molecule has 0 saturated heterocycles. The minimum atomic E-state index is -4.44. The third-order valence-corrected chi connectivity index (χ3v) is 3.91. The van der Waals surface area contributed by atoms with Gasteiger partial charge in [0, 0.05) is 24.5 Å². The van der Waals surface area contributed by atoms with E-state index >= 15 is 0 Å². The lowest BCUT2D eigenvalue weighted by molar-refractivity contribution is -0.215. The first-order valence-corrected chi connectivity index (χ1v) is 7.30. The van der Waals surface area contributed by atoms with Gasteiger partial charge in [0.25, 0.3) is 10.1 Å². The average molecular weight is 293 g/mol. The molecule has 106 valence electrons. The topological polar surface area (TPSA) is 105 Å². The number of rotatable bonds is 4. The van der Waals surface area contributed by atoms with Crippen molar-refractivity contribution in [1.82, 2.24) is 4.90 Å². The summed E-state index contributed by atoms with van der Waals surface area (Å²) >= 11 is 0. The van der Waals surface area contributed by atoms with Gasteiger partial charge >= 0.3 is 0 Å². The van der Waals surface area contributed by atoms with Crippen LogP contribution in [-0.4, -0.2) is 29.0 Å². The maximum atomic E-state index is 11.2. The lowest BCUT2D eigenvalue weighted by atomic mass is 10.1. The summed E-state index contributed by atoms with van der Waals surface area (Å²) in [6.45, 7) is 0.437. The Bertz CT molecular complexity index is 665. The SMILES string of the molecule is N=C([O-])C1=CN(Cc2ccccc2)C=CC1S(=O)(=O)O. The third kappa shape index (κ3) is 3.25. The van der Waals surface area contributed by atoms with Gasteiger partial charge in [0.05, 0.1) is 0 Å². The zero-order valence-corrected chi connectivity index (χ0v) is 11.2. The highest BCUT2D eigenvalue weighted by Gasteiger charge is 2.27. The Balaban J connectivity index is 2.25. The summed E-state index contributed by atoms with van der Waals surface area (Å²) in [7, 11) is -4.44. The lowest BCUT2D eigenvalue weighted by Gasteiger charge is -2.27. The molecule has 1 atom stereocenters. The first kappa shape index (κ1) is 14.3. The second-order valence-electron chi connectivity index (χ2n) is 4.35. The van der Waals surface area contributed by atoms with Crippen LogP contribution in [-0.2, 0) is 16.7 Å². The van der Waals surface area contributed by atoms with Crippen molar-refractivity contribution < 1.29 is 18.1 Å². The summed E-state index contributed by atoms with van der Waals surface area (Å²) in [6, 6.07) is 9.38. The predicted octanol–water partition coefficient (Wildman–Crippen LogP) is 0.494. The van der Waals surface area contributed by atoms with Crippen LogP contribution >= 0.6 is 0 Å². The monoisotopic (exact) mass is 293 g/mol. The fourth-order valence-electron chi connectivity index (χ4n) is 1.93. The average Bonchev–Trinajstić information content (AvgIpc) is 2.38. The summed E-state index contributed by atoms with van der Waals surface area (Å²) in [5.74, 6) is -1.13. The Morgan fingerprint density at radius 2 is 2.00 bits per heavy atom. The van der Waals surface area contributed by atoms with E-state index in [2.05, 4.69) is 0 Å². The molecular formula is C13H13N2O4S-. The minimum Gasteiger partial charge on any atom is -0.859 e. The molecule has 7 heteroatoms. The molecular weight excluding hydrogens is 280 g/mol. The van der Waals surface area contributed by atoms with Gasteiger partial charge in [0.15, 0.2) is 0 Å². The molecule has 1 unspecified atom stereocenters. The molecule has 1 aromatic rings. The van der Waals surface area contributed by atoms with E-state index in [1.54, 1.807) is 4.90 Å². The van der Waals surface area contributed by atoms with Gasteiger partial charge in [0.2, 0.25) is 0 Å². The molecule has 0 saturated carbocycles. The Labute approximate surface area is 116 Å². The molecule has 2 rings (SSSR count). The van der Waals surface area contributed by atoms with Crippen molar-refractivity contribution in [1.29, 1.82) is 5.41 Å². The first-order chi connectivity index (χ1) is 9.38. The Hall–Kier alpha value is -2.12. The van der Waals surface area contributed by atoms with Crippen LogP contribution in [0.5, 0.6) is 0 Å². The van der Waals surface area contributed by atoms with Gasteiger partial charge in [-0.3, -0.25) is 4.55 Å². The van der Waals surface area contributed by atoms with Crippen LogP contribution < -0.4 is 5.11 Å². The van der Waals surface area contributed by atoms with E-state index in [4.69, 9.17) is 9.96 Å². The summed E-state index contributed by atoms with van der Waals surface area (Å²) < 4.78 is 31.4. The summed E-state index contributed by atoms with van der Waals surface area (Å²) in [4.78, 5) is 1.60. The van der Waals surface area contributed by atoms with Crippen molar-refractivity contribution in [2.24, 2.45) is 0 Å². The minimum absolute atomic E-state index is 0.272. The Morgan fingerprint density at radius 1 is 1.35 bits per heavy atom. The molecule has 0 radical (unpaired) electrons. The van der Waals surface area contributed by atoms with Gasteiger partial charge in [-0.05, 0) is 17.5 Å². The van der Waals surface area contributed by atoms with Crippen LogP contribution in [0.1, 0.15) is 5.56 Å². The molecule has 1 aromatic carbocycles. The van der Waals surface area contributed by atoms with E-state index in [0.717, 1.165) is 5.56 Å². The zero-order valence-electron chi connectivity index (χ0n) is 10.4. The number of benzene rings is 1. The first-order valence-electron chi connectivity index (χ1n) is 5.80.